The first kappa shape index (κ1) is 19.0. The van der Waals surface area contributed by atoms with Crippen LogP contribution in [-0.2, 0) is 4.74 Å². The zero-order valence-corrected chi connectivity index (χ0v) is 15.8. The highest BCUT2D eigenvalue weighted by Crippen LogP contribution is 2.34. The number of carbonyl (C=O) groups excluding carboxylic acids is 1. The number of benzene rings is 1. The van der Waals surface area contributed by atoms with Crippen LogP contribution in [0.5, 0.6) is 5.75 Å². The quantitative estimate of drug-likeness (QED) is 0.671. The Hall–Kier alpha value is -3.29. The SMILES string of the molecule is Cc1cc(Nc2nn([C@@H]3COCC[C@H]3C#N)cc2C(N)=O)cc2c1OB(O)C=C2. The first-order valence-electron chi connectivity index (χ1n) is 9.27. The average molecular weight is 393 g/mol. The van der Waals surface area contributed by atoms with Crippen molar-refractivity contribution in [2.75, 3.05) is 18.5 Å². The van der Waals surface area contributed by atoms with Crippen LogP contribution in [0.1, 0.15) is 33.9 Å². The van der Waals surface area contributed by atoms with Crippen LogP contribution in [0.3, 0.4) is 0 Å². The molecule has 0 bridgehead atoms. The average Bonchev–Trinajstić information content (AvgIpc) is 3.12. The fourth-order valence-corrected chi connectivity index (χ4v) is 3.61. The van der Waals surface area contributed by atoms with E-state index in [1.165, 1.54) is 0 Å². The molecular formula is C19H20BN5O4. The van der Waals surface area contributed by atoms with Crippen LogP contribution in [0, 0.1) is 24.2 Å². The monoisotopic (exact) mass is 393 g/mol. The molecule has 9 nitrogen and oxygen atoms in total. The first-order chi connectivity index (χ1) is 14.0. The number of nitrogens with one attached hydrogen (secondary N) is 1. The van der Waals surface area contributed by atoms with Gasteiger partial charge in [0, 0.05) is 24.1 Å². The van der Waals surface area contributed by atoms with Gasteiger partial charge in [-0.15, -0.1) is 0 Å². The number of aromatic nitrogens is 2. The van der Waals surface area contributed by atoms with E-state index in [4.69, 9.17) is 15.1 Å². The fourth-order valence-electron chi connectivity index (χ4n) is 3.61. The van der Waals surface area contributed by atoms with Crippen molar-refractivity contribution in [1.29, 1.82) is 5.26 Å². The van der Waals surface area contributed by atoms with Crippen molar-refractivity contribution in [3.8, 4) is 11.8 Å². The number of aryl methyl sites for hydroxylation is 1. The summed E-state index contributed by atoms with van der Waals surface area (Å²) in [6.45, 7) is 2.74. The van der Waals surface area contributed by atoms with Crippen molar-refractivity contribution >= 4 is 30.6 Å². The molecule has 0 radical (unpaired) electrons. The summed E-state index contributed by atoms with van der Waals surface area (Å²) in [5, 5.41) is 26.7. The van der Waals surface area contributed by atoms with Gasteiger partial charge < -0.3 is 25.5 Å². The van der Waals surface area contributed by atoms with Gasteiger partial charge in [0.15, 0.2) is 5.82 Å². The van der Waals surface area contributed by atoms with Gasteiger partial charge in [-0.25, -0.2) is 0 Å². The van der Waals surface area contributed by atoms with Crippen LogP contribution in [-0.4, -0.2) is 41.0 Å². The minimum Gasteiger partial charge on any atom is -0.532 e. The van der Waals surface area contributed by atoms with Crippen LogP contribution in [0.2, 0.25) is 0 Å². The second kappa shape index (κ2) is 7.62. The van der Waals surface area contributed by atoms with E-state index < -0.39 is 13.0 Å². The van der Waals surface area contributed by atoms with Gasteiger partial charge in [-0.1, -0.05) is 6.08 Å². The number of nitrogens with zero attached hydrogens (tertiary/aromatic N) is 3. The van der Waals surface area contributed by atoms with Crippen LogP contribution < -0.4 is 15.7 Å². The molecule has 2 aliphatic rings. The summed E-state index contributed by atoms with van der Waals surface area (Å²) in [7, 11) is -0.969. The third kappa shape index (κ3) is 3.70. The summed E-state index contributed by atoms with van der Waals surface area (Å²) in [6.07, 6.45) is 3.93. The number of hydrogen-bond acceptors (Lipinski definition) is 7. The molecule has 4 N–H and O–H groups in total. The van der Waals surface area contributed by atoms with Gasteiger partial charge in [0.2, 0.25) is 0 Å². The molecule has 2 aliphatic heterocycles. The van der Waals surface area contributed by atoms with Crippen LogP contribution >= 0.6 is 0 Å². The van der Waals surface area contributed by atoms with Gasteiger partial charge in [-0.05, 0) is 37.0 Å². The second-order valence-corrected chi connectivity index (χ2v) is 7.11. The Morgan fingerprint density at radius 3 is 3.10 bits per heavy atom. The smallest absolute Gasteiger partial charge is 0.532 e. The highest BCUT2D eigenvalue weighted by molar-refractivity contribution is 6.51. The number of rotatable bonds is 4. The van der Waals surface area contributed by atoms with E-state index in [1.807, 2.05) is 19.1 Å². The number of carbonyl (C=O) groups is 1. The molecule has 148 valence electrons. The molecule has 4 rings (SSSR count). The molecule has 29 heavy (non-hydrogen) atoms. The molecule has 1 fully saturated rings. The molecule has 0 aliphatic carbocycles. The van der Waals surface area contributed by atoms with E-state index in [0.29, 0.717) is 36.9 Å². The number of nitrogens with two attached hydrogens (primary N) is 1. The van der Waals surface area contributed by atoms with Gasteiger partial charge in [-0.2, -0.15) is 10.4 Å². The van der Waals surface area contributed by atoms with E-state index in [0.717, 1.165) is 11.1 Å². The molecule has 1 saturated heterocycles. The minimum atomic E-state index is -0.969. The maximum absolute atomic E-state index is 12.0. The first-order valence-corrected chi connectivity index (χ1v) is 9.27. The van der Waals surface area contributed by atoms with Crippen molar-refractivity contribution in [1.82, 2.24) is 9.78 Å². The number of nitriles is 1. The lowest BCUT2D eigenvalue weighted by Crippen LogP contribution is -2.29. The lowest BCUT2D eigenvalue weighted by Gasteiger charge is -2.26. The Labute approximate surface area is 167 Å². The van der Waals surface area contributed by atoms with Crippen molar-refractivity contribution in [2.45, 2.75) is 19.4 Å². The summed E-state index contributed by atoms with van der Waals surface area (Å²) < 4.78 is 12.5. The Balaban J connectivity index is 1.67. The van der Waals surface area contributed by atoms with Gasteiger partial charge in [-0.3, -0.25) is 9.48 Å². The summed E-state index contributed by atoms with van der Waals surface area (Å²) in [5.41, 5.74) is 8.08. The maximum Gasteiger partial charge on any atom is 0.552 e. The molecule has 1 aromatic heterocycles. The molecular weight excluding hydrogens is 373 g/mol. The van der Waals surface area contributed by atoms with E-state index >= 15 is 0 Å². The molecule has 3 heterocycles. The lowest BCUT2D eigenvalue weighted by molar-refractivity contribution is 0.0342. The highest BCUT2D eigenvalue weighted by atomic mass is 16.5. The molecule has 2 aromatic rings. The normalized spacial score (nSPS) is 20.5. The molecule has 0 saturated carbocycles. The third-order valence-electron chi connectivity index (χ3n) is 5.07. The Kier molecular flexibility index (Phi) is 5.00. The summed E-state index contributed by atoms with van der Waals surface area (Å²) in [6, 6.07) is 5.66. The number of primary amides is 1. The van der Waals surface area contributed by atoms with Crippen LogP contribution in [0.15, 0.2) is 24.3 Å². The highest BCUT2D eigenvalue weighted by Gasteiger charge is 2.30. The number of amides is 1. The number of anilines is 2. The van der Waals surface area contributed by atoms with Gasteiger partial charge in [0.05, 0.1) is 24.6 Å². The van der Waals surface area contributed by atoms with Crippen molar-refractivity contribution in [2.24, 2.45) is 11.7 Å². The molecule has 1 amide bonds. The summed E-state index contributed by atoms with van der Waals surface area (Å²) in [4.78, 5) is 12.0. The largest absolute Gasteiger partial charge is 0.552 e. The summed E-state index contributed by atoms with van der Waals surface area (Å²) >= 11 is 0. The van der Waals surface area contributed by atoms with E-state index in [9.17, 15) is 15.1 Å². The van der Waals surface area contributed by atoms with Crippen LogP contribution in [0.4, 0.5) is 11.5 Å². The standard InChI is InChI=1S/C19H20BN5O4/c1-11-6-14(7-12-2-4-20(27)29-17(11)12)23-19-15(18(22)26)9-25(24-19)16-10-28-5-3-13(16)8-21/h2,4,6-7,9,13,16,27H,3,5,10H2,1H3,(H2,22,26)(H,23,24)/t13-,16+/m0/s1. The number of ether oxygens (including phenoxy) is 1. The Morgan fingerprint density at radius 2 is 2.34 bits per heavy atom. The van der Waals surface area contributed by atoms with E-state index in [-0.39, 0.29) is 17.5 Å². The maximum atomic E-state index is 12.0. The lowest BCUT2D eigenvalue weighted by atomic mass is 9.86. The minimum absolute atomic E-state index is 0.227. The predicted octanol–water partition coefficient (Wildman–Crippen LogP) is 1.56. The molecule has 10 heteroatoms. The van der Waals surface area contributed by atoms with Gasteiger partial charge >= 0.3 is 7.12 Å². The zero-order valence-electron chi connectivity index (χ0n) is 15.8. The Bertz CT molecular complexity index is 1030. The van der Waals surface area contributed by atoms with Crippen molar-refractivity contribution in [3.05, 3.63) is 41.0 Å². The second-order valence-electron chi connectivity index (χ2n) is 7.11. The number of fused-ring (bicyclic) bond motifs is 1. The van der Waals surface area contributed by atoms with Crippen molar-refractivity contribution in [3.63, 3.8) is 0 Å². The van der Waals surface area contributed by atoms with E-state index in [1.54, 1.807) is 22.9 Å². The Morgan fingerprint density at radius 1 is 1.52 bits per heavy atom. The van der Waals surface area contributed by atoms with E-state index in [2.05, 4.69) is 16.5 Å². The molecule has 0 unspecified atom stereocenters. The van der Waals surface area contributed by atoms with Gasteiger partial charge in [0.25, 0.3) is 5.91 Å². The summed E-state index contributed by atoms with van der Waals surface area (Å²) in [5.74, 6) is 1.57. The zero-order chi connectivity index (χ0) is 20.5. The van der Waals surface area contributed by atoms with Crippen molar-refractivity contribution < 1.29 is 19.2 Å². The van der Waals surface area contributed by atoms with Gasteiger partial charge in [0.1, 0.15) is 11.3 Å². The fraction of sp³-hybridized carbons (Fsp3) is 0.316. The van der Waals surface area contributed by atoms with Crippen LogP contribution in [0.25, 0.3) is 6.08 Å². The molecule has 1 aromatic carbocycles. The topological polar surface area (TPSA) is 135 Å². The third-order valence-corrected chi connectivity index (χ3v) is 5.07. The predicted molar refractivity (Wildman–Crippen MR) is 106 cm³/mol. The number of hydrogen-bond donors (Lipinski definition) is 3. The molecule has 2 atom stereocenters. The molecule has 0 spiro atoms.